The topological polar surface area (TPSA) is 56.2 Å². The molecule has 7 aromatic carbocycles. The van der Waals surface area contributed by atoms with E-state index < -0.39 is 0 Å². The summed E-state index contributed by atoms with van der Waals surface area (Å²) in [4.78, 5) is 10.5. The van der Waals surface area contributed by atoms with Crippen molar-refractivity contribution in [1.29, 1.82) is 0 Å². The molecule has 4 aromatic heterocycles. The largest absolute Gasteiger partial charge is 0.456 e. The summed E-state index contributed by atoms with van der Waals surface area (Å²) < 4.78 is 8.30. The molecule has 262 valence electrons. The quantitative estimate of drug-likeness (QED) is 0.172. The Kier molecular flexibility index (Phi) is 7.42. The summed E-state index contributed by atoms with van der Waals surface area (Å²) in [5.74, 6) is 0.646. The number of rotatable bonds is 6. The molecule has 0 saturated carbocycles. The van der Waals surface area contributed by atoms with E-state index in [4.69, 9.17) is 19.5 Å². The van der Waals surface area contributed by atoms with E-state index in [9.17, 15) is 0 Å². The second kappa shape index (κ2) is 13.0. The van der Waals surface area contributed by atoms with Gasteiger partial charge in [0.05, 0.1) is 22.6 Å². The normalized spacial score (nSPS) is 11.6. The molecular formula is C51H32N4O. The van der Waals surface area contributed by atoms with Gasteiger partial charge in [-0.15, -0.1) is 0 Å². The van der Waals surface area contributed by atoms with Crippen LogP contribution in [0.15, 0.2) is 199 Å². The second-order valence-electron chi connectivity index (χ2n) is 14.1. The van der Waals surface area contributed by atoms with Gasteiger partial charge in [0, 0.05) is 49.5 Å². The lowest BCUT2D eigenvalue weighted by atomic mass is 9.95. The van der Waals surface area contributed by atoms with Crippen molar-refractivity contribution in [2.75, 3.05) is 0 Å². The fourth-order valence-electron chi connectivity index (χ4n) is 7.95. The second-order valence-corrected chi connectivity index (χ2v) is 14.1. The maximum Gasteiger partial charge on any atom is 0.160 e. The third-order valence-electron chi connectivity index (χ3n) is 10.6. The minimum absolute atomic E-state index is 0.646. The molecule has 56 heavy (non-hydrogen) atoms. The molecule has 0 bridgehead atoms. The van der Waals surface area contributed by atoms with Crippen LogP contribution < -0.4 is 0 Å². The highest BCUT2D eigenvalue weighted by molar-refractivity contribution is 6.09. The molecule has 0 radical (unpaired) electrons. The van der Waals surface area contributed by atoms with Gasteiger partial charge in [0.2, 0.25) is 0 Å². The first-order valence-electron chi connectivity index (χ1n) is 18.8. The number of aromatic nitrogens is 4. The Hall–Kier alpha value is -7.63. The molecule has 0 atom stereocenters. The van der Waals surface area contributed by atoms with Crippen LogP contribution in [0, 0.1) is 0 Å². The van der Waals surface area contributed by atoms with Crippen molar-refractivity contribution >= 4 is 38.2 Å². The van der Waals surface area contributed by atoms with E-state index in [1.165, 1.54) is 0 Å². The molecule has 0 spiro atoms. The molecule has 0 fully saturated rings. The van der Waals surface area contributed by atoms with Crippen molar-refractivity contribution in [2.24, 2.45) is 0 Å². The van der Waals surface area contributed by atoms with Crippen LogP contribution in [0.3, 0.4) is 0 Å². The molecular weight excluding hydrogens is 685 g/mol. The fourth-order valence-corrected chi connectivity index (χ4v) is 7.95. The van der Waals surface area contributed by atoms with Crippen LogP contribution in [0.1, 0.15) is 0 Å². The van der Waals surface area contributed by atoms with Gasteiger partial charge < -0.3 is 4.42 Å². The SMILES string of the molecule is c1ccc(-c2cc(-c3ccc4oc5ccccc5c4c3)nc(-c3cccc(-c4c(-c5ccccc5)nn5c(-c6ccccc6)cc6ccccc6c45)c3)n2)cc1. The zero-order chi connectivity index (χ0) is 37.0. The molecule has 11 rings (SSSR count). The number of fused-ring (bicyclic) bond motifs is 6. The molecule has 0 N–H and O–H groups in total. The molecule has 0 aliphatic rings. The Morgan fingerprint density at radius 1 is 0.393 bits per heavy atom. The summed E-state index contributed by atoms with van der Waals surface area (Å²) in [5, 5.41) is 9.85. The number of hydrogen-bond acceptors (Lipinski definition) is 4. The Morgan fingerprint density at radius 3 is 1.79 bits per heavy atom. The lowest BCUT2D eigenvalue weighted by molar-refractivity contribution is 0.669. The summed E-state index contributed by atoms with van der Waals surface area (Å²) >= 11 is 0. The predicted octanol–water partition coefficient (Wildman–Crippen LogP) is 13.2. The van der Waals surface area contributed by atoms with Crippen LogP contribution in [0.5, 0.6) is 0 Å². The van der Waals surface area contributed by atoms with Crippen molar-refractivity contribution < 1.29 is 4.42 Å². The van der Waals surface area contributed by atoms with Crippen molar-refractivity contribution in [2.45, 2.75) is 0 Å². The van der Waals surface area contributed by atoms with Crippen molar-refractivity contribution in [3.05, 3.63) is 194 Å². The Morgan fingerprint density at radius 2 is 1.00 bits per heavy atom. The highest BCUT2D eigenvalue weighted by Crippen LogP contribution is 2.42. The molecule has 11 aromatic rings. The summed E-state index contributed by atoms with van der Waals surface area (Å²) in [5.41, 5.74) is 13.6. The smallest absolute Gasteiger partial charge is 0.160 e. The average Bonchev–Trinajstić information content (AvgIpc) is 3.86. The highest BCUT2D eigenvalue weighted by atomic mass is 16.3. The van der Waals surface area contributed by atoms with Crippen LogP contribution >= 0.6 is 0 Å². The summed E-state index contributed by atoms with van der Waals surface area (Å²) in [7, 11) is 0. The molecule has 4 heterocycles. The Labute approximate surface area is 322 Å². The van der Waals surface area contributed by atoms with Gasteiger partial charge in [-0.05, 0) is 53.4 Å². The van der Waals surface area contributed by atoms with E-state index in [0.29, 0.717) is 5.82 Å². The van der Waals surface area contributed by atoms with E-state index in [1.807, 2.05) is 48.5 Å². The third-order valence-corrected chi connectivity index (χ3v) is 10.6. The Bertz CT molecular complexity index is 3240. The monoisotopic (exact) mass is 716 g/mol. The average molecular weight is 717 g/mol. The zero-order valence-electron chi connectivity index (χ0n) is 30.2. The zero-order valence-corrected chi connectivity index (χ0v) is 30.2. The van der Waals surface area contributed by atoms with Gasteiger partial charge in [-0.2, -0.15) is 5.10 Å². The van der Waals surface area contributed by atoms with Crippen LogP contribution in [0.2, 0.25) is 0 Å². The van der Waals surface area contributed by atoms with E-state index >= 15 is 0 Å². The van der Waals surface area contributed by atoms with Crippen LogP contribution in [-0.4, -0.2) is 19.6 Å². The number of nitrogens with zero attached hydrogens (tertiary/aromatic N) is 4. The van der Waals surface area contributed by atoms with E-state index in [2.05, 4.69) is 150 Å². The maximum atomic E-state index is 6.17. The lowest BCUT2D eigenvalue weighted by Gasteiger charge is -2.12. The van der Waals surface area contributed by atoms with E-state index in [0.717, 1.165) is 99.9 Å². The molecule has 5 heteroatoms. The maximum absolute atomic E-state index is 6.17. The van der Waals surface area contributed by atoms with Crippen molar-refractivity contribution in [3.63, 3.8) is 0 Å². The van der Waals surface area contributed by atoms with E-state index in [1.54, 1.807) is 0 Å². The molecule has 0 amide bonds. The van der Waals surface area contributed by atoms with Crippen LogP contribution in [-0.2, 0) is 0 Å². The standard InChI is InChI=1S/C51H32N4O/c1-4-15-33(16-5-1)43-32-44(37-27-28-47-42(30-37)41-25-12-13-26-46(41)56-47)53-51(52-43)39-23-14-22-38(29-39)48-49(35-19-8-3-9-20-35)54-55-45(34-17-6-2-7-18-34)31-36-21-10-11-24-40(36)50(48)55/h1-32H. The fraction of sp³-hybridized carbons (Fsp3) is 0. The van der Waals surface area contributed by atoms with Gasteiger partial charge in [-0.3, -0.25) is 0 Å². The lowest BCUT2D eigenvalue weighted by Crippen LogP contribution is -1.96. The first kappa shape index (κ1) is 31.9. The van der Waals surface area contributed by atoms with Gasteiger partial charge in [0.25, 0.3) is 0 Å². The molecule has 0 unspecified atom stereocenters. The predicted molar refractivity (Wildman–Crippen MR) is 228 cm³/mol. The molecule has 5 nitrogen and oxygen atoms in total. The number of furan rings is 1. The molecule has 0 aliphatic carbocycles. The Balaban J connectivity index is 1.15. The summed E-state index contributed by atoms with van der Waals surface area (Å²) in [6, 6.07) is 67.3. The minimum Gasteiger partial charge on any atom is -0.456 e. The van der Waals surface area contributed by atoms with Gasteiger partial charge in [-0.25, -0.2) is 14.5 Å². The number of para-hydroxylation sites is 1. The van der Waals surface area contributed by atoms with Crippen molar-refractivity contribution in [1.82, 2.24) is 19.6 Å². The van der Waals surface area contributed by atoms with Crippen LogP contribution in [0.4, 0.5) is 0 Å². The van der Waals surface area contributed by atoms with Gasteiger partial charge in [-0.1, -0.05) is 152 Å². The highest BCUT2D eigenvalue weighted by Gasteiger charge is 2.22. The number of hydrogen-bond donors (Lipinski definition) is 0. The summed E-state index contributed by atoms with van der Waals surface area (Å²) in [6.45, 7) is 0. The number of benzene rings is 7. The molecule has 0 saturated heterocycles. The van der Waals surface area contributed by atoms with Crippen LogP contribution in [0.25, 0.3) is 106 Å². The van der Waals surface area contributed by atoms with Crippen molar-refractivity contribution in [3.8, 4) is 67.5 Å². The van der Waals surface area contributed by atoms with Gasteiger partial charge >= 0.3 is 0 Å². The summed E-state index contributed by atoms with van der Waals surface area (Å²) in [6.07, 6.45) is 0. The van der Waals surface area contributed by atoms with E-state index in [-0.39, 0.29) is 0 Å². The first-order chi connectivity index (χ1) is 27.7. The first-order valence-corrected chi connectivity index (χ1v) is 18.8. The molecule has 0 aliphatic heterocycles. The number of pyridine rings is 1. The third kappa shape index (κ3) is 5.37. The van der Waals surface area contributed by atoms with Gasteiger partial charge in [0.15, 0.2) is 5.82 Å². The van der Waals surface area contributed by atoms with Gasteiger partial charge in [0.1, 0.15) is 16.9 Å². The minimum atomic E-state index is 0.646.